The number of carbonyl (C=O) groups is 1. The number of nitrogens with two attached hydrogens (primary N) is 1. The highest BCUT2D eigenvalue weighted by Crippen LogP contribution is 2.25. The van der Waals surface area contributed by atoms with Gasteiger partial charge in [0.15, 0.2) is 10.4 Å². The van der Waals surface area contributed by atoms with Crippen molar-refractivity contribution in [3.63, 3.8) is 0 Å². The zero-order valence-corrected chi connectivity index (χ0v) is 13.7. The number of nitrogens with one attached hydrogen (secondary N) is 1. The van der Waals surface area contributed by atoms with E-state index < -0.39 is 15.9 Å². The molecule has 2 heterocycles. The van der Waals surface area contributed by atoms with Crippen molar-refractivity contribution >= 4 is 31.9 Å². The van der Waals surface area contributed by atoms with E-state index in [1.807, 2.05) is 0 Å². The second kappa shape index (κ2) is 6.91. The molecule has 21 heavy (non-hydrogen) atoms. The SMILES string of the molecule is NS(=O)(=O)c1cc(C(=O)NCCC2CCCCO2)oc1Br. The first kappa shape index (κ1) is 16.5. The van der Waals surface area contributed by atoms with Crippen LogP contribution in [0.3, 0.4) is 0 Å². The third-order valence-corrected chi connectivity index (χ3v) is 4.98. The normalized spacial score (nSPS) is 19.4. The molecule has 1 amide bonds. The Kier molecular flexibility index (Phi) is 5.42. The van der Waals surface area contributed by atoms with Crippen LogP contribution in [0.2, 0.25) is 0 Å². The Labute approximate surface area is 131 Å². The van der Waals surface area contributed by atoms with E-state index in [0.29, 0.717) is 6.54 Å². The van der Waals surface area contributed by atoms with Crippen LogP contribution in [-0.2, 0) is 14.8 Å². The summed E-state index contributed by atoms with van der Waals surface area (Å²) in [6.45, 7) is 1.20. The molecule has 1 aliphatic rings. The maximum atomic E-state index is 11.9. The van der Waals surface area contributed by atoms with E-state index in [1.165, 1.54) is 0 Å². The second-order valence-corrected chi connectivity index (χ2v) is 7.08. The van der Waals surface area contributed by atoms with Gasteiger partial charge in [-0.2, -0.15) is 0 Å². The highest BCUT2D eigenvalue weighted by molar-refractivity contribution is 9.10. The molecule has 1 fully saturated rings. The van der Waals surface area contributed by atoms with Crippen LogP contribution in [-0.4, -0.2) is 33.6 Å². The number of furan rings is 1. The van der Waals surface area contributed by atoms with Gasteiger partial charge in [-0.05, 0) is 41.6 Å². The van der Waals surface area contributed by atoms with Gasteiger partial charge in [-0.3, -0.25) is 4.79 Å². The van der Waals surface area contributed by atoms with Crippen LogP contribution in [0, 0.1) is 0 Å². The third-order valence-electron chi connectivity index (χ3n) is 3.21. The van der Waals surface area contributed by atoms with Crippen LogP contribution in [0.5, 0.6) is 0 Å². The predicted molar refractivity (Wildman–Crippen MR) is 78.3 cm³/mol. The zero-order valence-electron chi connectivity index (χ0n) is 11.3. The molecular weight excluding hydrogens is 364 g/mol. The fraction of sp³-hybridized carbons (Fsp3) is 0.583. The number of rotatable bonds is 5. The summed E-state index contributed by atoms with van der Waals surface area (Å²) in [4.78, 5) is 11.6. The lowest BCUT2D eigenvalue weighted by Crippen LogP contribution is -2.29. The van der Waals surface area contributed by atoms with Crippen LogP contribution in [0.15, 0.2) is 20.0 Å². The Morgan fingerprint density at radius 2 is 2.24 bits per heavy atom. The van der Waals surface area contributed by atoms with Crippen LogP contribution >= 0.6 is 15.9 Å². The minimum absolute atomic E-state index is 0.0780. The summed E-state index contributed by atoms with van der Waals surface area (Å²) < 4.78 is 33.0. The molecule has 9 heteroatoms. The van der Waals surface area contributed by atoms with E-state index in [-0.39, 0.29) is 21.4 Å². The number of hydrogen-bond donors (Lipinski definition) is 2. The van der Waals surface area contributed by atoms with Crippen molar-refractivity contribution in [1.29, 1.82) is 0 Å². The fourth-order valence-corrected chi connectivity index (χ4v) is 3.63. The lowest BCUT2D eigenvalue weighted by molar-refractivity contribution is 0.0116. The van der Waals surface area contributed by atoms with Crippen molar-refractivity contribution in [2.75, 3.05) is 13.2 Å². The molecule has 0 aromatic carbocycles. The van der Waals surface area contributed by atoms with E-state index in [0.717, 1.165) is 38.4 Å². The van der Waals surface area contributed by atoms with Gasteiger partial charge in [-0.25, -0.2) is 13.6 Å². The Bertz CT molecular complexity index is 607. The Balaban J connectivity index is 1.88. The quantitative estimate of drug-likeness (QED) is 0.800. The fourth-order valence-electron chi connectivity index (χ4n) is 2.13. The molecule has 1 aliphatic heterocycles. The number of amides is 1. The van der Waals surface area contributed by atoms with Crippen LogP contribution < -0.4 is 10.5 Å². The topological polar surface area (TPSA) is 112 Å². The van der Waals surface area contributed by atoms with Crippen molar-refractivity contribution in [2.24, 2.45) is 5.14 Å². The summed E-state index contributed by atoms with van der Waals surface area (Å²) in [5.41, 5.74) is 0. The number of halogens is 1. The van der Waals surface area contributed by atoms with Gasteiger partial charge in [-0.15, -0.1) is 0 Å². The summed E-state index contributed by atoms with van der Waals surface area (Å²) >= 11 is 2.93. The molecule has 0 saturated carbocycles. The average Bonchev–Trinajstić information content (AvgIpc) is 2.82. The minimum atomic E-state index is -3.92. The lowest BCUT2D eigenvalue weighted by atomic mass is 10.1. The molecule has 0 bridgehead atoms. The van der Waals surface area contributed by atoms with E-state index >= 15 is 0 Å². The maximum absolute atomic E-state index is 11.9. The zero-order chi connectivity index (χ0) is 15.5. The van der Waals surface area contributed by atoms with Gasteiger partial charge < -0.3 is 14.5 Å². The summed E-state index contributed by atoms with van der Waals surface area (Å²) in [7, 11) is -3.92. The van der Waals surface area contributed by atoms with Crippen molar-refractivity contribution in [3.05, 3.63) is 16.5 Å². The Hall–Kier alpha value is -0.900. The van der Waals surface area contributed by atoms with Crippen LogP contribution in [0.25, 0.3) is 0 Å². The number of ether oxygens (including phenoxy) is 1. The van der Waals surface area contributed by atoms with Gasteiger partial charge in [0.1, 0.15) is 4.90 Å². The van der Waals surface area contributed by atoms with E-state index in [9.17, 15) is 13.2 Å². The van der Waals surface area contributed by atoms with Crippen LogP contribution in [0.1, 0.15) is 36.2 Å². The third kappa shape index (κ3) is 4.53. The molecule has 3 N–H and O–H groups in total. The van der Waals surface area contributed by atoms with E-state index in [2.05, 4.69) is 21.2 Å². The van der Waals surface area contributed by atoms with Gasteiger partial charge in [0.25, 0.3) is 5.91 Å². The van der Waals surface area contributed by atoms with Crippen molar-refractivity contribution in [2.45, 2.75) is 36.7 Å². The van der Waals surface area contributed by atoms with Crippen molar-refractivity contribution < 1.29 is 22.4 Å². The number of carbonyl (C=O) groups excluding carboxylic acids is 1. The molecule has 0 aliphatic carbocycles. The number of sulfonamides is 1. The first-order chi connectivity index (χ1) is 9.88. The van der Waals surface area contributed by atoms with Gasteiger partial charge in [-0.1, -0.05) is 0 Å². The van der Waals surface area contributed by atoms with Crippen molar-refractivity contribution in [1.82, 2.24) is 5.32 Å². The molecule has 0 spiro atoms. The Morgan fingerprint density at radius 1 is 1.48 bits per heavy atom. The van der Waals surface area contributed by atoms with Gasteiger partial charge >= 0.3 is 0 Å². The summed E-state index contributed by atoms with van der Waals surface area (Å²) in [5.74, 6) is -0.586. The first-order valence-electron chi connectivity index (χ1n) is 6.60. The largest absolute Gasteiger partial charge is 0.443 e. The standard InChI is InChI=1S/C12H17BrN2O5S/c13-11-10(21(14,17)18)7-9(20-11)12(16)15-5-4-8-3-1-2-6-19-8/h7-8H,1-6H2,(H,15,16)(H2,14,17,18). The number of hydrogen-bond acceptors (Lipinski definition) is 5. The molecule has 1 atom stereocenters. The van der Waals surface area contributed by atoms with E-state index in [1.54, 1.807) is 0 Å². The molecule has 1 aromatic heterocycles. The monoisotopic (exact) mass is 380 g/mol. The van der Waals surface area contributed by atoms with Crippen LogP contribution in [0.4, 0.5) is 0 Å². The molecule has 2 rings (SSSR count). The van der Waals surface area contributed by atoms with Gasteiger partial charge in [0, 0.05) is 19.2 Å². The lowest BCUT2D eigenvalue weighted by Gasteiger charge is -2.22. The summed E-state index contributed by atoms with van der Waals surface area (Å²) in [6, 6.07) is 1.10. The molecule has 0 radical (unpaired) electrons. The Morgan fingerprint density at radius 3 is 2.81 bits per heavy atom. The summed E-state index contributed by atoms with van der Waals surface area (Å²) in [6.07, 6.45) is 4.11. The molecule has 1 saturated heterocycles. The minimum Gasteiger partial charge on any atom is -0.443 e. The molecule has 7 nitrogen and oxygen atoms in total. The number of primary sulfonamides is 1. The highest BCUT2D eigenvalue weighted by Gasteiger charge is 2.22. The molecule has 118 valence electrons. The van der Waals surface area contributed by atoms with Crippen molar-refractivity contribution in [3.8, 4) is 0 Å². The first-order valence-corrected chi connectivity index (χ1v) is 8.94. The van der Waals surface area contributed by atoms with Gasteiger partial charge in [0.05, 0.1) is 6.10 Å². The summed E-state index contributed by atoms with van der Waals surface area (Å²) in [5, 5.41) is 7.67. The smallest absolute Gasteiger partial charge is 0.287 e. The molecule has 1 aromatic rings. The molecular formula is C12H17BrN2O5S. The second-order valence-electron chi connectivity index (χ2n) is 4.83. The average molecular weight is 381 g/mol. The van der Waals surface area contributed by atoms with Gasteiger partial charge in [0.2, 0.25) is 10.0 Å². The molecule has 1 unspecified atom stereocenters. The maximum Gasteiger partial charge on any atom is 0.287 e. The van der Waals surface area contributed by atoms with E-state index in [4.69, 9.17) is 14.3 Å². The predicted octanol–water partition coefficient (Wildman–Crippen LogP) is 1.38. The highest BCUT2D eigenvalue weighted by atomic mass is 79.9.